The fourth-order valence-corrected chi connectivity index (χ4v) is 1.34. The highest BCUT2D eigenvalue weighted by Gasteiger charge is 2.13. The van der Waals surface area contributed by atoms with Crippen LogP contribution in [-0.2, 0) is 0 Å². The summed E-state index contributed by atoms with van der Waals surface area (Å²) in [6.07, 6.45) is 4.47. The summed E-state index contributed by atoms with van der Waals surface area (Å²) in [5, 5.41) is 0. The molecule has 0 aromatic carbocycles. The Hall–Kier alpha value is -0.260. The lowest BCUT2D eigenvalue weighted by molar-refractivity contribution is 0.427. The second-order valence-electron chi connectivity index (χ2n) is 3.93. The first-order valence-electron chi connectivity index (χ1n) is 4.48. The van der Waals surface area contributed by atoms with Gasteiger partial charge in [-0.05, 0) is 30.6 Å². The van der Waals surface area contributed by atoms with Crippen molar-refractivity contribution in [3.8, 4) is 0 Å². The van der Waals surface area contributed by atoms with Gasteiger partial charge < -0.3 is 0 Å². The van der Waals surface area contributed by atoms with E-state index in [4.69, 9.17) is 0 Å². The molecule has 11 heavy (non-hydrogen) atoms. The molecule has 0 N–H and O–H groups in total. The topological polar surface area (TPSA) is 0 Å². The highest BCUT2D eigenvalue weighted by atomic mass is 14.2. The van der Waals surface area contributed by atoms with Crippen molar-refractivity contribution in [1.29, 1.82) is 0 Å². The molecule has 0 amide bonds. The molecular weight excluding hydrogens is 132 g/mol. The zero-order chi connectivity index (χ0) is 8.85. The summed E-state index contributed by atoms with van der Waals surface area (Å²) < 4.78 is 0. The lowest BCUT2D eigenvalue weighted by Crippen LogP contribution is -2.08. The van der Waals surface area contributed by atoms with E-state index in [0.29, 0.717) is 0 Å². The minimum Gasteiger partial charge on any atom is -0.103 e. The highest BCUT2D eigenvalue weighted by Crippen LogP contribution is 2.24. The normalized spacial score (nSPS) is 14.0. The zero-order valence-electron chi connectivity index (χ0n) is 8.35. The van der Waals surface area contributed by atoms with E-state index in [1.54, 1.807) is 5.92 Å². The monoisotopic (exact) mass is 153 g/mol. The molecule has 0 saturated carbocycles. The van der Waals surface area contributed by atoms with E-state index in [2.05, 4.69) is 34.3 Å². The van der Waals surface area contributed by atoms with Crippen LogP contribution in [0.2, 0.25) is 0 Å². The molecule has 0 saturated heterocycles. The molecule has 0 fully saturated rings. The van der Waals surface area contributed by atoms with E-state index in [-0.39, 0.29) is 0 Å². The van der Waals surface area contributed by atoms with Crippen LogP contribution < -0.4 is 0 Å². The molecule has 0 aromatic rings. The van der Waals surface area contributed by atoms with Gasteiger partial charge in [-0.3, -0.25) is 0 Å². The molecule has 0 aliphatic rings. The average Bonchev–Trinajstić information content (AvgIpc) is 1.86. The molecule has 0 heteroatoms. The Morgan fingerprint density at radius 2 is 1.91 bits per heavy atom. The van der Waals surface area contributed by atoms with Crippen LogP contribution in [0.1, 0.15) is 40.5 Å². The third-order valence-electron chi connectivity index (χ3n) is 2.02. The van der Waals surface area contributed by atoms with E-state index >= 15 is 0 Å². The molecule has 0 rings (SSSR count). The number of hydrogen-bond donors (Lipinski definition) is 0. The van der Waals surface area contributed by atoms with Gasteiger partial charge in [-0.15, -0.1) is 6.58 Å². The van der Waals surface area contributed by atoms with Gasteiger partial charge in [0.25, 0.3) is 0 Å². The molecule has 0 heterocycles. The summed E-state index contributed by atoms with van der Waals surface area (Å²) in [6.45, 7) is 12.8. The van der Waals surface area contributed by atoms with Crippen LogP contribution in [0.3, 0.4) is 0 Å². The van der Waals surface area contributed by atoms with Gasteiger partial charge in [0, 0.05) is 0 Å². The molecule has 0 nitrogen and oxygen atoms in total. The lowest BCUT2D eigenvalue weighted by atomic mass is 9.85. The van der Waals surface area contributed by atoms with Crippen molar-refractivity contribution in [2.75, 3.05) is 0 Å². The van der Waals surface area contributed by atoms with Crippen molar-refractivity contribution in [2.24, 2.45) is 11.8 Å². The minimum absolute atomic E-state index is 0.757. The first-order valence-corrected chi connectivity index (χ1v) is 4.48. The predicted octanol–water partition coefficient (Wildman–Crippen LogP) is 3.84. The molecule has 0 bridgehead atoms. The summed E-state index contributed by atoms with van der Waals surface area (Å²) in [5.74, 6) is 3.10. The second kappa shape index (κ2) is 5.40. The van der Waals surface area contributed by atoms with Crippen molar-refractivity contribution in [2.45, 2.75) is 40.5 Å². The summed E-state index contributed by atoms with van der Waals surface area (Å²) >= 11 is 0. The maximum Gasteiger partial charge on any atom is -0.0269 e. The van der Waals surface area contributed by atoms with Crippen LogP contribution in [0.25, 0.3) is 0 Å². The number of rotatable bonds is 5. The van der Waals surface area contributed by atoms with Gasteiger partial charge in [0.1, 0.15) is 0 Å². The Morgan fingerprint density at radius 3 is 2.18 bits per heavy atom. The smallest absolute Gasteiger partial charge is 0.0269 e. The first kappa shape index (κ1) is 10.7. The summed E-state index contributed by atoms with van der Waals surface area (Å²) in [4.78, 5) is 0. The highest BCUT2D eigenvalue weighted by molar-refractivity contribution is 4.91. The van der Waals surface area contributed by atoms with Crippen LogP contribution in [0.5, 0.6) is 0 Å². The Balaban J connectivity index is 3.78. The lowest BCUT2D eigenvalue weighted by Gasteiger charge is -2.20. The van der Waals surface area contributed by atoms with Gasteiger partial charge in [0.05, 0.1) is 0 Å². The van der Waals surface area contributed by atoms with Crippen molar-refractivity contribution >= 4 is 0 Å². The van der Waals surface area contributed by atoms with Gasteiger partial charge in [0.15, 0.2) is 0 Å². The van der Waals surface area contributed by atoms with Crippen LogP contribution in [0, 0.1) is 17.8 Å². The van der Waals surface area contributed by atoms with E-state index in [1.807, 2.05) is 6.08 Å². The molecule has 0 spiro atoms. The Morgan fingerprint density at radius 1 is 1.36 bits per heavy atom. The fourth-order valence-electron chi connectivity index (χ4n) is 1.34. The molecule has 1 atom stereocenters. The van der Waals surface area contributed by atoms with E-state index in [0.717, 1.165) is 18.3 Å². The van der Waals surface area contributed by atoms with Crippen LogP contribution in [-0.4, -0.2) is 0 Å². The molecule has 65 valence electrons. The zero-order valence-corrected chi connectivity index (χ0v) is 8.35. The standard InChI is InChI=1S/C11H21/c1-6-7-11(10(4)5)8-9(2)3/h6,9,11H,1,7-8H2,2-5H3. The third-order valence-corrected chi connectivity index (χ3v) is 2.02. The van der Waals surface area contributed by atoms with Crippen LogP contribution in [0.4, 0.5) is 0 Å². The SMILES string of the molecule is C=CCC(CC(C)C)[C](C)C. The quantitative estimate of drug-likeness (QED) is 0.526. The molecule has 0 aliphatic heterocycles. The number of hydrogen-bond acceptors (Lipinski definition) is 0. The van der Waals surface area contributed by atoms with Crippen molar-refractivity contribution < 1.29 is 0 Å². The number of allylic oxidation sites excluding steroid dienone is 1. The maximum absolute atomic E-state index is 3.78. The minimum atomic E-state index is 0.757. The van der Waals surface area contributed by atoms with E-state index < -0.39 is 0 Å². The third kappa shape index (κ3) is 5.06. The molecule has 1 radical (unpaired) electrons. The summed E-state index contributed by atoms with van der Waals surface area (Å²) in [7, 11) is 0. The van der Waals surface area contributed by atoms with Gasteiger partial charge in [-0.25, -0.2) is 0 Å². The first-order chi connectivity index (χ1) is 5.07. The largest absolute Gasteiger partial charge is 0.103 e. The van der Waals surface area contributed by atoms with Crippen molar-refractivity contribution in [1.82, 2.24) is 0 Å². The average molecular weight is 153 g/mol. The van der Waals surface area contributed by atoms with Crippen molar-refractivity contribution in [3.05, 3.63) is 18.6 Å². The molecule has 0 aromatic heterocycles. The molecule has 1 unspecified atom stereocenters. The van der Waals surface area contributed by atoms with E-state index in [1.165, 1.54) is 6.42 Å². The van der Waals surface area contributed by atoms with Gasteiger partial charge in [0.2, 0.25) is 0 Å². The molecule has 0 aliphatic carbocycles. The summed E-state index contributed by atoms with van der Waals surface area (Å²) in [5.41, 5.74) is 0. The van der Waals surface area contributed by atoms with Gasteiger partial charge in [-0.2, -0.15) is 0 Å². The van der Waals surface area contributed by atoms with Crippen LogP contribution in [0.15, 0.2) is 12.7 Å². The van der Waals surface area contributed by atoms with Gasteiger partial charge in [-0.1, -0.05) is 33.8 Å². The van der Waals surface area contributed by atoms with E-state index in [9.17, 15) is 0 Å². The van der Waals surface area contributed by atoms with Gasteiger partial charge >= 0.3 is 0 Å². The summed E-state index contributed by atoms with van der Waals surface area (Å²) in [6, 6.07) is 0. The molecular formula is C11H21. The second-order valence-corrected chi connectivity index (χ2v) is 3.93. The van der Waals surface area contributed by atoms with Crippen LogP contribution >= 0.6 is 0 Å². The Kier molecular flexibility index (Phi) is 5.27. The maximum atomic E-state index is 3.78. The predicted molar refractivity (Wildman–Crippen MR) is 52.4 cm³/mol. The Labute approximate surface area is 71.7 Å². The fraction of sp³-hybridized carbons (Fsp3) is 0.727. The van der Waals surface area contributed by atoms with Crippen molar-refractivity contribution in [3.63, 3.8) is 0 Å². The Bertz CT molecular complexity index is 101.